The van der Waals surface area contributed by atoms with E-state index < -0.39 is 0 Å². The average Bonchev–Trinajstić information content (AvgIpc) is 2.74. The molecule has 0 bridgehead atoms. The van der Waals surface area contributed by atoms with Crippen LogP contribution in [0.15, 0.2) is 47.5 Å². The van der Waals surface area contributed by atoms with Gasteiger partial charge in [-0.3, -0.25) is 9.79 Å². The summed E-state index contributed by atoms with van der Waals surface area (Å²) < 4.78 is 10.7. The van der Waals surface area contributed by atoms with Crippen LogP contribution in [-0.2, 0) is 9.53 Å². The zero-order valence-electron chi connectivity index (χ0n) is 17.6. The SMILES string of the molecule is CN=C(NCCC(=O)Nc1cccc(Cl)c1C)Nc1cccc(OCCCOC)c1. The third kappa shape index (κ3) is 7.93. The maximum Gasteiger partial charge on any atom is 0.226 e. The first kappa shape index (κ1) is 23.5. The number of rotatable bonds is 10. The Morgan fingerprint density at radius 1 is 1.13 bits per heavy atom. The van der Waals surface area contributed by atoms with Gasteiger partial charge in [-0.1, -0.05) is 23.7 Å². The molecule has 0 aromatic heterocycles. The van der Waals surface area contributed by atoms with Crippen molar-refractivity contribution in [1.29, 1.82) is 0 Å². The van der Waals surface area contributed by atoms with Crippen molar-refractivity contribution in [3.63, 3.8) is 0 Å². The maximum absolute atomic E-state index is 12.2. The number of guanidine groups is 1. The predicted molar refractivity (Wildman–Crippen MR) is 123 cm³/mol. The molecule has 0 unspecified atom stereocenters. The largest absolute Gasteiger partial charge is 0.493 e. The van der Waals surface area contributed by atoms with Crippen LogP contribution < -0.4 is 20.7 Å². The van der Waals surface area contributed by atoms with E-state index in [2.05, 4.69) is 20.9 Å². The molecule has 2 aromatic carbocycles. The van der Waals surface area contributed by atoms with Crippen molar-refractivity contribution in [2.24, 2.45) is 4.99 Å². The van der Waals surface area contributed by atoms with Crippen molar-refractivity contribution in [2.45, 2.75) is 19.8 Å². The van der Waals surface area contributed by atoms with Gasteiger partial charge in [0.15, 0.2) is 5.96 Å². The molecular formula is C22H29ClN4O3. The normalized spacial score (nSPS) is 11.1. The van der Waals surface area contributed by atoms with Crippen LogP contribution in [0.1, 0.15) is 18.4 Å². The number of hydrogen-bond acceptors (Lipinski definition) is 4. The quantitative estimate of drug-likeness (QED) is 0.299. The summed E-state index contributed by atoms with van der Waals surface area (Å²) in [6, 6.07) is 13.1. The molecule has 0 aliphatic heterocycles. The average molecular weight is 433 g/mol. The van der Waals surface area contributed by atoms with E-state index >= 15 is 0 Å². The lowest BCUT2D eigenvalue weighted by atomic mass is 10.2. The summed E-state index contributed by atoms with van der Waals surface area (Å²) in [6.45, 7) is 3.56. The van der Waals surface area contributed by atoms with Gasteiger partial charge in [-0.25, -0.2) is 0 Å². The minimum atomic E-state index is -0.102. The molecule has 2 rings (SSSR count). The Morgan fingerprint density at radius 3 is 2.70 bits per heavy atom. The van der Waals surface area contributed by atoms with Gasteiger partial charge < -0.3 is 25.4 Å². The second kappa shape index (κ2) is 12.7. The predicted octanol–water partition coefficient (Wildman–Crippen LogP) is 4.08. The molecule has 3 N–H and O–H groups in total. The maximum atomic E-state index is 12.2. The van der Waals surface area contributed by atoms with Crippen LogP contribution in [0.25, 0.3) is 0 Å². The van der Waals surface area contributed by atoms with E-state index in [1.165, 1.54) is 0 Å². The summed E-state index contributed by atoms with van der Waals surface area (Å²) >= 11 is 6.09. The first-order valence-corrected chi connectivity index (χ1v) is 10.2. The van der Waals surface area contributed by atoms with Crippen LogP contribution in [0.3, 0.4) is 0 Å². The van der Waals surface area contributed by atoms with E-state index in [4.69, 9.17) is 21.1 Å². The van der Waals surface area contributed by atoms with Crippen LogP contribution >= 0.6 is 11.6 Å². The molecule has 7 nitrogen and oxygen atoms in total. The zero-order chi connectivity index (χ0) is 21.8. The molecule has 0 atom stereocenters. The molecule has 0 radical (unpaired) electrons. The molecule has 1 amide bonds. The standard InChI is InChI=1S/C22H29ClN4O3/c1-16-19(23)9-5-10-20(16)27-21(28)11-12-25-22(24-2)26-17-7-4-8-18(15-17)30-14-6-13-29-3/h4-5,7-10,15H,6,11-14H2,1-3H3,(H,27,28)(H2,24,25,26). The monoisotopic (exact) mass is 432 g/mol. The van der Waals surface area contributed by atoms with Gasteiger partial charge in [0.2, 0.25) is 5.91 Å². The van der Waals surface area contributed by atoms with E-state index in [-0.39, 0.29) is 12.3 Å². The van der Waals surface area contributed by atoms with Gasteiger partial charge in [0.25, 0.3) is 0 Å². The van der Waals surface area contributed by atoms with Gasteiger partial charge in [0.05, 0.1) is 6.61 Å². The molecule has 30 heavy (non-hydrogen) atoms. The molecule has 162 valence electrons. The second-order valence-corrected chi connectivity index (χ2v) is 6.96. The minimum Gasteiger partial charge on any atom is -0.493 e. The highest BCUT2D eigenvalue weighted by atomic mass is 35.5. The fourth-order valence-electron chi connectivity index (χ4n) is 2.62. The fraction of sp³-hybridized carbons (Fsp3) is 0.364. The number of anilines is 2. The zero-order valence-corrected chi connectivity index (χ0v) is 18.4. The van der Waals surface area contributed by atoms with Gasteiger partial charge in [-0.15, -0.1) is 0 Å². The van der Waals surface area contributed by atoms with Crippen molar-refractivity contribution < 1.29 is 14.3 Å². The lowest BCUT2D eigenvalue weighted by Gasteiger charge is -2.14. The van der Waals surface area contributed by atoms with Gasteiger partial charge >= 0.3 is 0 Å². The molecule has 0 heterocycles. The summed E-state index contributed by atoms with van der Waals surface area (Å²) in [5.74, 6) is 1.23. The molecular weight excluding hydrogens is 404 g/mol. The van der Waals surface area contributed by atoms with Gasteiger partial charge in [0.1, 0.15) is 5.75 Å². The summed E-state index contributed by atoms with van der Waals surface area (Å²) in [5, 5.41) is 9.84. The topological polar surface area (TPSA) is 84.0 Å². The van der Waals surface area contributed by atoms with Gasteiger partial charge in [-0.05, 0) is 36.8 Å². The Kier molecular flexibility index (Phi) is 9.97. The number of ether oxygens (including phenoxy) is 2. The van der Waals surface area contributed by atoms with Crippen molar-refractivity contribution >= 4 is 34.8 Å². The highest BCUT2D eigenvalue weighted by Crippen LogP contribution is 2.23. The second-order valence-electron chi connectivity index (χ2n) is 6.56. The number of nitrogens with one attached hydrogen (secondary N) is 3. The molecule has 8 heteroatoms. The number of halogens is 1. The van der Waals surface area contributed by atoms with Crippen LogP contribution in [0, 0.1) is 6.92 Å². The molecule has 0 aliphatic rings. The van der Waals surface area contributed by atoms with Crippen molar-refractivity contribution in [3.05, 3.63) is 53.1 Å². The first-order valence-electron chi connectivity index (χ1n) is 9.78. The fourth-order valence-corrected chi connectivity index (χ4v) is 2.80. The number of methoxy groups -OCH3 is 1. The molecule has 2 aromatic rings. The van der Waals surface area contributed by atoms with Crippen molar-refractivity contribution in [1.82, 2.24) is 5.32 Å². The third-order valence-electron chi connectivity index (χ3n) is 4.27. The molecule has 0 fully saturated rings. The van der Waals surface area contributed by atoms with Crippen molar-refractivity contribution in [3.8, 4) is 5.75 Å². The Morgan fingerprint density at radius 2 is 1.93 bits per heavy atom. The lowest BCUT2D eigenvalue weighted by Crippen LogP contribution is -2.33. The Hall–Kier alpha value is -2.77. The lowest BCUT2D eigenvalue weighted by molar-refractivity contribution is -0.116. The van der Waals surface area contributed by atoms with Crippen LogP contribution in [0.4, 0.5) is 11.4 Å². The molecule has 0 saturated carbocycles. The number of amides is 1. The first-order chi connectivity index (χ1) is 14.5. The van der Waals surface area contributed by atoms with Gasteiger partial charge in [0, 0.05) is 62.6 Å². The van der Waals surface area contributed by atoms with E-state index in [1.807, 2.05) is 43.3 Å². The van der Waals surface area contributed by atoms with Crippen LogP contribution in [-0.4, -0.2) is 45.8 Å². The van der Waals surface area contributed by atoms with E-state index in [0.29, 0.717) is 30.7 Å². The highest BCUT2D eigenvalue weighted by Gasteiger charge is 2.07. The Balaban J connectivity index is 1.79. The summed E-state index contributed by atoms with van der Waals surface area (Å²) in [5.41, 5.74) is 2.41. The van der Waals surface area contributed by atoms with Crippen LogP contribution in [0.2, 0.25) is 5.02 Å². The number of aliphatic imine (C=N–C) groups is 1. The number of carbonyl (C=O) groups excluding carboxylic acids is 1. The smallest absolute Gasteiger partial charge is 0.226 e. The van der Waals surface area contributed by atoms with Gasteiger partial charge in [-0.2, -0.15) is 0 Å². The number of hydrogen-bond donors (Lipinski definition) is 3. The molecule has 0 spiro atoms. The van der Waals surface area contributed by atoms with Crippen LogP contribution in [0.5, 0.6) is 5.75 Å². The minimum absolute atomic E-state index is 0.102. The third-order valence-corrected chi connectivity index (χ3v) is 4.68. The summed E-state index contributed by atoms with van der Waals surface area (Å²) in [4.78, 5) is 16.4. The molecule has 0 saturated heterocycles. The number of carbonyl (C=O) groups is 1. The van der Waals surface area contributed by atoms with E-state index in [9.17, 15) is 4.79 Å². The molecule has 0 aliphatic carbocycles. The van der Waals surface area contributed by atoms with Crippen molar-refractivity contribution in [2.75, 3.05) is 44.5 Å². The number of benzene rings is 2. The van der Waals surface area contributed by atoms with E-state index in [1.54, 1.807) is 20.2 Å². The number of nitrogens with zero attached hydrogens (tertiary/aromatic N) is 1. The summed E-state index contributed by atoms with van der Waals surface area (Å²) in [6.07, 6.45) is 1.11. The Bertz CT molecular complexity index is 858. The Labute approximate surface area is 182 Å². The summed E-state index contributed by atoms with van der Waals surface area (Å²) in [7, 11) is 3.35. The highest BCUT2D eigenvalue weighted by molar-refractivity contribution is 6.31. The van der Waals surface area contributed by atoms with E-state index in [0.717, 1.165) is 29.1 Å².